The number of benzene rings is 2. The predicted octanol–water partition coefficient (Wildman–Crippen LogP) is 4.88. The molecule has 0 aliphatic heterocycles. The van der Waals surface area contributed by atoms with Crippen molar-refractivity contribution in [3.63, 3.8) is 0 Å². The Balaban J connectivity index is 2.05. The average Bonchev–Trinajstić information content (AvgIpc) is 3.08. The van der Waals surface area contributed by atoms with Gasteiger partial charge >= 0.3 is 0 Å². The topological polar surface area (TPSA) is 79.4 Å². The molecule has 0 aliphatic rings. The van der Waals surface area contributed by atoms with Crippen molar-refractivity contribution in [2.24, 2.45) is 0 Å². The van der Waals surface area contributed by atoms with Crippen LogP contribution in [0, 0.1) is 0 Å². The first-order valence-electron chi connectivity index (χ1n) is 7.89. The number of allylic oxidation sites excluding steroid dienone is 2. The third-order valence-electron chi connectivity index (χ3n) is 3.71. The summed E-state index contributed by atoms with van der Waals surface area (Å²) in [4.78, 5) is 0. The number of rotatable bonds is 4. The Labute approximate surface area is 145 Å². The standard InChI is InChI=1S/C20H18N2O3/c1-3-7-13-9-5-11-15(17(13)23)19-21-22-20(25-19)16-12-6-10-14(8-4-2)18(16)24/h3-12,23-24H,1-2H3/b7-3+,8-4+. The third-order valence-corrected chi connectivity index (χ3v) is 3.71. The van der Waals surface area contributed by atoms with Gasteiger partial charge in [0.05, 0.1) is 11.1 Å². The van der Waals surface area contributed by atoms with Gasteiger partial charge in [-0.2, -0.15) is 0 Å². The van der Waals surface area contributed by atoms with Crippen molar-refractivity contribution in [1.29, 1.82) is 0 Å². The van der Waals surface area contributed by atoms with Gasteiger partial charge in [0.1, 0.15) is 11.5 Å². The lowest BCUT2D eigenvalue weighted by molar-refractivity contribution is 0.469. The molecule has 0 aliphatic carbocycles. The van der Waals surface area contributed by atoms with E-state index < -0.39 is 0 Å². The summed E-state index contributed by atoms with van der Waals surface area (Å²) in [6.45, 7) is 3.74. The van der Waals surface area contributed by atoms with E-state index in [1.54, 1.807) is 48.6 Å². The van der Waals surface area contributed by atoms with Crippen LogP contribution in [0.5, 0.6) is 11.5 Å². The van der Waals surface area contributed by atoms with Gasteiger partial charge in [0.15, 0.2) is 0 Å². The van der Waals surface area contributed by atoms with Gasteiger partial charge < -0.3 is 14.6 Å². The van der Waals surface area contributed by atoms with Gasteiger partial charge in [0.2, 0.25) is 0 Å². The first-order valence-corrected chi connectivity index (χ1v) is 7.89. The fraction of sp³-hybridized carbons (Fsp3) is 0.100. The van der Waals surface area contributed by atoms with Crippen LogP contribution in [0.2, 0.25) is 0 Å². The number of para-hydroxylation sites is 2. The lowest BCUT2D eigenvalue weighted by Crippen LogP contribution is -1.82. The number of nitrogens with zero attached hydrogens (tertiary/aromatic N) is 2. The zero-order valence-electron chi connectivity index (χ0n) is 14.0. The Hall–Kier alpha value is -3.34. The Bertz CT molecular complexity index is 879. The van der Waals surface area contributed by atoms with E-state index in [0.717, 1.165) is 0 Å². The summed E-state index contributed by atoms with van der Waals surface area (Å²) in [6, 6.07) is 10.6. The van der Waals surface area contributed by atoms with Crippen LogP contribution < -0.4 is 0 Å². The number of phenolic OH excluding ortho intramolecular Hbond substituents is 2. The summed E-state index contributed by atoms with van der Waals surface area (Å²) in [5.41, 5.74) is 2.22. The van der Waals surface area contributed by atoms with E-state index in [2.05, 4.69) is 10.2 Å². The van der Waals surface area contributed by atoms with Crippen LogP contribution in [0.3, 0.4) is 0 Å². The van der Waals surface area contributed by atoms with Crippen molar-refractivity contribution in [2.75, 3.05) is 0 Å². The first kappa shape index (κ1) is 16.5. The number of aromatic hydroxyl groups is 2. The van der Waals surface area contributed by atoms with Crippen molar-refractivity contribution in [3.05, 3.63) is 59.7 Å². The third kappa shape index (κ3) is 3.17. The van der Waals surface area contributed by atoms with Crippen molar-refractivity contribution in [2.45, 2.75) is 13.8 Å². The lowest BCUT2D eigenvalue weighted by atomic mass is 10.1. The molecule has 0 bridgehead atoms. The van der Waals surface area contributed by atoms with Gasteiger partial charge in [-0.3, -0.25) is 0 Å². The maximum Gasteiger partial charge on any atom is 0.251 e. The van der Waals surface area contributed by atoms with Gasteiger partial charge in [-0.05, 0) is 26.0 Å². The average molecular weight is 334 g/mol. The second-order valence-electron chi connectivity index (χ2n) is 5.40. The molecule has 3 rings (SSSR count). The van der Waals surface area contributed by atoms with Crippen LogP contribution in [0.25, 0.3) is 35.1 Å². The van der Waals surface area contributed by atoms with Crippen molar-refractivity contribution < 1.29 is 14.6 Å². The van der Waals surface area contributed by atoms with Gasteiger partial charge in [0, 0.05) is 11.1 Å². The molecule has 0 atom stereocenters. The summed E-state index contributed by atoms with van der Waals surface area (Å²) in [7, 11) is 0. The van der Waals surface area contributed by atoms with E-state index in [4.69, 9.17) is 4.42 Å². The highest BCUT2D eigenvalue weighted by Crippen LogP contribution is 2.36. The van der Waals surface area contributed by atoms with Crippen molar-refractivity contribution >= 4 is 12.2 Å². The van der Waals surface area contributed by atoms with Crippen molar-refractivity contribution in [1.82, 2.24) is 10.2 Å². The summed E-state index contributed by atoms with van der Waals surface area (Å²) in [6.07, 6.45) is 7.26. The molecule has 3 aromatic rings. The van der Waals surface area contributed by atoms with E-state index in [0.29, 0.717) is 22.3 Å². The molecule has 2 N–H and O–H groups in total. The van der Waals surface area contributed by atoms with Gasteiger partial charge in [-0.25, -0.2) is 0 Å². The molecular weight excluding hydrogens is 316 g/mol. The molecule has 5 heteroatoms. The Morgan fingerprint density at radius 2 is 1.20 bits per heavy atom. The van der Waals surface area contributed by atoms with Crippen LogP contribution in [0.1, 0.15) is 25.0 Å². The molecule has 0 amide bonds. The highest BCUT2D eigenvalue weighted by atomic mass is 16.4. The quantitative estimate of drug-likeness (QED) is 0.711. The summed E-state index contributed by atoms with van der Waals surface area (Å²) >= 11 is 0. The Kier molecular flexibility index (Phi) is 4.66. The molecule has 0 radical (unpaired) electrons. The molecule has 2 aromatic carbocycles. The van der Waals surface area contributed by atoms with E-state index in [1.165, 1.54) is 0 Å². The van der Waals surface area contributed by atoms with Crippen molar-refractivity contribution in [3.8, 4) is 34.4 Å². The molecule has 1 aromatic heterocycles. The smallest absolute Gasteiger partial charge is 0.251 e. The Morgan fingerprint density at radius 3 is 1.60 bits per heavy atom. The minimum atomic E-state index is 0.0719. The molecule has 25 heavy (non-hydrogen) atoms. The molecule has 0 saturated carbocycles. The van der Waals surface area contributed by atoms with Crippen LogP contribution in [-0.2, 0) is 0 Å². The molecule has 5 nitrogen and oxygen atoms in total. The molecule has 0 saturated heterocycles. The second-order valence-corrected chi connectivity index (χ2v) is 5.40. The van der Waals surface area contributed by atoms with Gasteiger partial charge in [-0.1, -0.05) is 48.6 Å². The molecule has 0 fully saturated rings. The SMILES string of the molecule is C/C=C/c1cccc(-c2nnc(-c3cccc(/C=C/C)c3O)o2)c1O. The second kappa shape index (κ2) is 7.05. The number of hydrogen-bond acceptors (Lipinski definition) is 5. The predicted molar refractivity (Wildman–Crippen MR) is 97.9 cm³/mol. The van der Waals surface area contributed by atoms with E-state index in [-0.39, 0.29) is 23.3 Å². The highest BCUT2D eigenvalue weighted by molar-refractivity contribution is 5.74. The van der Waals surface area contributed by atoms with Crippen LogP contribution in [0.15, 0.2) is 53.0 Å². The molecule has 0 spiro atoms. The van der Waals surface area contributed by atoms with E-state index in [9.17, 15) is 10.2 Å². The van der Waals surface area contributed by atoms with Crippen LogP contribution >= 0.6 is 0 Å². The number of aromatic nitrogens is 2. The van der Waals surface area contributed by atoms with Gasteiger partial charge in [0.25, 0.3) is 11.8 Å². The minimum Gasteiger partial charge on any atom is -0.506 e. The van der Waals surface area contributed by atoms with Crippen LogP contribution in [-0.4, -0.2) is 20.4 Å². The summed E-state index contributed by atoms with van der Waals surface area (Å²) < 4.78 is 5.69. The zero-order valence-corrected chi connectivity index (χ0v) is 14.0. The molecule has 126 valence electrons. The maximum absolute atomic E-state index is 10.4. The van der Waals surface area contributed by atoms with E-state index in [1.807, 2.05) is 26.0 Å². The van der Waals surface area contributed by atoms with Crippen LogP contribution in [0.4, 0.5) is 0 Å². The molecular formula is C20H18N2O3. The first-order chi connectivity index (χ1) is 12.2. The minimum absolute atomic E-state index is 0.0719. The fourth-order valence-electron chi connectivity index (χ4n) is 2.54. The van der Waals surface area contributed by atoms with E-state index >= 15 is 0 Å². The highest BCUT2D eigenvalue weighted by Gasteiger charge is 2.18. The number of phenols is 2. The molecule has 0 unspecified atom stereocenters. The lowest BCUT2D eigenvalue weighted by Gasteiger charge is -2.04. The largest absolute Gasteiger partial charge is 0.506 e. The Morgan fingerprint density at radius 1 is 0.760 bits per heavy atom. The number of hydrogen-bond donors (Lipinski definition) is 2. The fourth-order valence-corrected chi connectivity index (χ4v) is 2.54. The van der Waals surface area contributed by atoms with Gasteiger partial charge in [-0.15, -0.1) is 10.2 Å². The normalized spacial score (nSPS) is 11.6. The monoisotopic (exact) mass is 334 g/mol. The summed E-state index contributed by atoms with van der Waals surface area (Å²) in [5, 5.41) is 28.8. The maximum atomic E-state index is 10.4. The molecule has 1 heterocycles. The summed E-state index contributed by atoms with van der Waals surface area (Å²) in [5.74, 6) is 0.523. The zero-order chi connectivity index (χ0) is 17.8.